The van der Waals surface area contributed by atoms with Gasteiger partial charge in [-0.2, -0.15) is 0 Å². The van der Waals surface area contributed by atoms with Crippen molar-refractivity contribution < 1.29 is 9.84 Å². The summed E-state index contributed by atoms with van der Waals surface area (Å²) in [5.41, 5.74) is 1.89. The van der Waals surface area contributed by atoms with Gasteiger partial charge in [0.05, 0.1) is 25.5 Å². The molecule has 1 atom stereocenters. The van der Waals surface area contributed by atoms with Crippen LogP contribution in [0.5, 0.6) is 5.75 Å². The number of benzene rings is 1. The van der Waals surface area contributed by atoms with Crippen LogP contribution in [0.25, 0.3) is 0 Å². The first-order valence-electron chi connectivity index (χ1n) is 5.71. The van der Waals surface area contributed by atoms with Crippen LogP contribution in [-0.4, -0.2) is 21.8 Å². The summed E-state index contributed by atoms with van der Waals surface area (Å²) >= 11 is 5.24. The van der Waals surface area contributed by atoms with Crippen molar-refractivity contribution in [1.29, 1.82) is 0 Å². The molecule has 0 radical (unpaired) electrons. The Morgan fingerprint density at radius 3 is 2.61 bits per heavy atom. The molecule has 0 fully saturated rings. The van der Waals surface area contributed by atoms with Crippen molar-refractivity contribution >= 4 is 12.2 Å². The number of hydrogen-bond acceptors (Lipinski definition) is 3. The van der Waals surface area contributed by atoms with E-state index in [1.54, 1.807) is 13.3 Å². The molecular formula is C13H16N2O2S. The monoisotopic (exact) mass is 264 g/mol. The molecule has 0 aliphatic rings. The van der Waals surface area contributed by atoms with Gasteiger partial charge in [-0.3, -0.25) is 0 Å². The number of aromatic amines is 1. The van der Waals surface area contributed by atoms with Crippen LogP contribution in [0, 0.1) is 4.77 Å². The van der Waals surface area contributed by atoms with Gasteiger partial charge in [0.1, 0.15) is 5.75 Å². The summed E-state index contributed by atoms with van der Waals surface area (Å²) in [5, 5.41) is 9.30. The largest absolute Gasteiger partial charge is 0.497 e. The molecule has 2 rings (SSSR count). The average Bonchev–Trinajstić information content (AvgIpc) is 2.79. The van der Waals surface area contributed by atoms with Crippen LogP contribution in [0.15, 0.2) is 30.5 Å². The molecule has 5 heteroatoms. The van der Waals surface area contributed by atoms with Crippen molar-refractivity contribution in [2.75, 3.05) is 7.11 Å². The van der Waals surface area contributed by atoms with Crippen LogP contribution >= 0.6 is 12.2 Å². The fourth-order valence-corrected chi connectivity index (χ4v) is 2.33. The molecule has 0 aliphatic heterocycles. The zero-order valence-corrected chi connectivity index (χ0v) is 11.2. The molecule has 18 heavy (non-hydrogen) atoms. The standard InChI is InChI=1S/C13H16N2O2S/c1-9(10-3-5-12(17-2)6-4-10)15-11(8-16)7-14-13(15)18/h3-7,9,16H,8H2,1-2H3,(H,14,18). The number of imidazole rings is 1. The highest BCUT2D eigenvalue weighted by Gasteiger charge is 2.12. The highest BCUT2D eigenvalue weighted by Crippen LogP contribution is 2.22. The van der Waals surface area contributed by atoms with Gasteiger partial charge in [0, 0.05) is 6.20 Å². The molecule has 4 nitrogen and oxygen atoms in total. The summed E-state index contributed by atoms with van der Waals surface area (Å²) in [6.45, 7) is 2.01. The maximum Gasteiger partial charge on any atom is 0.177 e. The molecule has 0 saturated heterocycles. The van der Waals surface area contributed by atoms with Gasteiger partial charge in [0.25, 0.3) is 0 Å². The van der Waals surface area contributed by atoms with Crippen molar-refractivity contribution in [3.8, 4) is 5.75 Å². The zero-order chi connectivity index (χ0) is 13.1. The van der Waals surface area contributed by atoms with E-state index in [4.69, 9.17) is 17.0 Å². The lowest BCUT2D eigenvalue weighted by atomic mass is 10.1. The minimum Gasteiger partial charge on any atom is -0.497 e. The SMILES string of the molecule is COc1ccc(C(C)n2c(CO)c[nH]c2=S)cc1. The van der Waals surface area contributed by atoms with Gasteiger partial charge in [-0.1, -0.05) is 12.1 Å². The highest BCUT2D eigenvalue weighted by atomic mass is 32.1. The number of methoxy groups -OCH3 is 1. The fourth-order valence-electron chi connectivity index (χ4n) is 1.99. The molecule has 0 saturated carbocycles. The molecule has 1 unspecified atom stereocenters. The second-order valence-electron chi connectivity index (χ2n) is 4.06. The first-order chi connectivity index (χ1) is 8.67. The van der Waals surface area contributed by atoms with E-state index in [1.807, 2.05) is 35.8 Å². The molecule has 0 bridgehead atoms. The van der Waals surface area contributed by atoms with E-state index in [9.17, 15) is 5.11 Å². The minimum absolute atomic E-state index is 0.0341. The number of aliphatic hydroxyl groups is 1. The smallest absolute Gasteiger partial charge is 0.177 e. The van der Waals surface area contributed by atoms with Crippen LogP contribution in [0.1, 0.15) is 24.2 Å². The van der Waals surface area contributed by atoms with Crippen LogP contribution < -0.4 is 4.74 Å². The second kappa shape index (κ2) is 5.37. The van der Waals surface area contributed by atoms with Crippen molar-refractivity contribution in [2.45, 2.75) is 19.6 Å². The first-order valence-corrected chi connectivity index (χ1v) is 6.11. The van der Waals surface area contributed by atoms with E-state index < -0.39 is 0 Å². The lowest BCUT2D eigenvalue weighted by Gasteiger charge is -2.16. The summed E-state index contributed by atoms with van der Waals surface area (Å²) in [5.74, 6) is 0.825. The Kier molecular flexibility index (Phi) is 3.84. The third kappa shape index (κ3) is 2.32. The van der Waals surface area contributed by atoms with Crippen molar-refractivity contribution in [1.82, 2.24) is 9.55 Å². The summed E-state index contributed by atoms with van der Waals surface area (Å²) in [4.78, 5) is 2.95. The topological polar surface area (TPSA) is 50.2 Å². The lowest BCUT2D eigenvalue weighted by molar-refractivity contribution is 0.269. The lowest BCUT2D eigenvalue weighted by Crippen LogP contribution is -2.10. The second-order valence-corrected chi connectivity index (χ2v) is 4.45. The van der Waals surface area contributed by atoms with Gasteiger partial charge in [-0.15, -0.1) is 0 Å². The predicted molar refractivity (Wildman–Crippen MR) is 72.3 cm³/mol. The van der Waals surface area contributed by atoms with E-state index in [2.05, 4.69) is 4.98 Å². The molecule has 0 spiro atoms. The number of aromatic nitrogens is 2. The maximum atomic E-state index is 9.30. The third-order valence-corrected chi connectivity index (χ3v) is 3.35. The predicted octanol–water partition coefficient (Wildman–Crippen LogP) is 2.66. The van der Waals surface area contributed by atoms with Crippen molar-refractivity contribution in [3.63, 3.8) is 0 Å². The Morgan fingerprint density at radius 1 is 1.39 bits per heavy atom. The molecule has 0 aliphatic carbocycles. The van der Waals surface area contributed by atoms with Crippen molar-refractivity contribution in [3.05, 3.63) is 46.5 Å². The Bertz CT molecular complexity index is 571. The molecular weight excluding hydrogens is 248 g/mol. The fraction of sp³-hybridized carbons (Fsp3) is 0.308. The Morgan fingerprint density at radius 2 is 2.06 bits per heavy atom. The van der Waals surface area contributed by atoms with E-state index in [1.165, 1.54) is 0 Å². The minimum atomic E-state index is -0.0341. The molecule has 2 N–H and O–H groups in total. The number of nitrogens with zero attached hydrogens (tertiary/aromatic N) is 1. The Labute approximate surface area is 111 Å². The van der Waals surface area contributed by atoms with E-state index in [0.717, 1.165) is 17.0 Å². The summed E-state index contributed by atoms with van der Waals surface area (Å²) < 4.78 is 7.66. The number of rotatable bonds is 4. The summed E-state index contributed by atoms with van der Waals surface area (Å²) in [6, 6.07) is 7.90. The van der Waals surface area contributed by atoms with Crippen LogP contribution in [-0.2, 0) is 6.61 Å². The summed E-state index contributed by atoms with van der Waals surface area (Å²) in [7, 11) is 1.64. The highest BCUT2D eigenvalue weighted by molar-refractivity contribution is 7.71. The van der Waals surface area contributed by atoms with Gasteiger partial charge in [-0.05, 0) is 36.8 Å². The quantitative estimate of drug-likeness (QED) is 0.835. The molecule has 2 aromatic rings. The van der Waals surface area contributed by atoms with E-state index >= 15 is 0 Å². The van der Waals surface area contributed by atoms with Gasteiger partial charge < -0.3 is 19.4 Å². The van der Waals surface area contributed by atoms with Crippen LogP contribution in [0.3, 0.4) is 0 Å². The average molecular weight is 264 g/mol. The first kappa shape index (κ1) is 12.9. The van der Waals surface area contributed by atoms with Gasteiger partial charge >= 0.3 is 0 Å². The Hall–Kier alpha value is -1.59. The molecule has 1 heterocycles. The Balaban J connectivity index is 2.37. The zero-order valence-electron chi connectivity index (χ0n) is 10.4. The van der Waals surface area contributed by atoms with Gasteiger partial charge in [0.15, 0.2) is 4.77 Å². The van der Waals surface area contributed by atoms with Crippen molar-refractivity contribution in [2.24, 2.45) is 0 Å². The number of H-pyrrole nitrogens is 1. The van der Waals surface area contributed by atoms with Crippen LogP contribution in [0.2, 0.25) is 0 Å². The molecule has 1 aromatic carbocycles. The molecule has 0 amide bonds. The van der Waals surface area contributed by atoms with E-state index in [0.29, 0.717) is 4.77 Å². The summed E-state index contributed by atoms with van der Waals surface area (Å²) in [6.07, 6.45) is 1.74. The normalized spacial score (nSPS) is 12.4. The van der Waals surface area contributed by atoms with Gasteiger partial charge in [-0.25, -0.2) is 0 Å². The third-order valence-electron chi connectivity index (χ3n) is 3.04. The number of nitrogens with one attached hydrogen (secondary N) is 1. The molecule has 96 valence electrons. The van der Waals surface area contributed by atoms with Crippen LogP contribution in [0.4, 0.5) is 0 Å². The number of aliphatic hydroxyl groups excluding tert-OH is 1. The van der Waals surface area contributed by atoms with E-state index in [-0.39, 0.29) is 12.6 Å². The number of hydrogen-bond donors (Lipinski definition) is 2. The van der Waals surface area contributed by atoms with Gasteiger partial charge in [0.2, 0.25) is 0 Å². The maximum absolute atomic E-state index is 9.30. The molecule has 1 aromatic heterocycles. The number of ether oxygens (including phenoxy) is 1.